The third kappa shape index (κ3) is 4.59. The smallest absolute Gasteiger partial charge is 0.289 e. The Bertz CT molecular complexity index is 1110. The van der Waals surface area contributed by atoms with Gasteiger partial charge in [-0.25, -0.2) is 0 Å². The number of carbonyl (C=O) groups is 1. The summed E-state index contributed by atoms with van der Waals surface area (Å²) in [6, 6.07) is 17.4. The quantitative estimate of drug-likeness (QED) is 0.592. The number of aryl methyl sites for hydroxylation is 2. The summed E-state index contributed by atoms with van der Waals surface area (Å²) in [7, 11) is -1.21. The Morgan fingerprint density at radius 2 is 1.61 bits per heavy atom. The lowest BCUT2D eigenvalue weighted by Gasteiger charge is -2.36. The largest absolute Gasteiger partial charge is 0.455 e. The van der Waals surface area contributed by atoms with Crippen molar-refractivity contribution >= 4 is 22.4 Å². The monoisotopic (exact) mass is 436 g/mol. The van der Waals surface area contributed by atoms with Crippen LogP contribution in [0, 0.1) is 20.8 Å². The number of anilines is 1. The van der Waals surface area contributed by atoms with Crippen LogP contribution in [0.15, 0.2) is 63.9 Å². The summed E-state index contributed by atoms with van der Waals surface area (Å²) in [5, 5.41) is 0. The summed E-state index contributed by atoms with van der Waals surface area (Å²) in [6.07, 6.45) is 0. The molecule has 1 unspecified atom stereocenters. The Morgan fingerprint density at radius 3 is 2.35 bits per heavy atom. The SMILES string of the molecule is Cc1ccccc1S(=O)Cc1ccc(C(=O)N2CCN(c3cccc(C)c3C)CC2)o1. The van der Waals surface area contributed by atoms with Crippen LogP contribution in [0.4, 0.5) is 5.69 Å². The zero-order chi connectivity index (χ0) is 22.0. The van der Waals surface area contributed by atoms with Gasteiger partial charge < -0.3 is 14.2 Å². The second-order valence-corrected chi connectivity index (χ2v) is 9.44. The molecular weight excluding hydrogens is 408 g/mol. The van der Waals surface area contributed by atoms with Crippen LogP contribution in [0.3, 0.4) is 0 Å². The van der Waals surface area contributed by atoms with Gasteiger partial charge in [0.2, 0.25) is 0 Å². The summed E-state index contributed by atoms with van der Waals surface area (Å²) in [6.45, 7) is 9.10. The predicted molar refractivity (Wildman–Crippen MR) is 124 cm³/mol. The van der Waals surface area contributed by atoms with E-state index in [4.69, 9.17) is 4.42 Å². The number of carbonyl (C=O) groups excluding carboxylic acids is 1. The number of furan rings is 1. The molecule has 1 aliphatic heterocycles. The second kappa shape index (κ2) is 9.10. The molecule has 0 bridgehead atoms. The van der Waals surface area contributed by atoms with Crippen LogP contribution in [0.25, 0.3) is 0 Å². The van der Waals surface area contributed by atoms with Crippen LogP contribution in [0.2, 0.25) is 0 Å². The molecular formula is C25H28N2O3S. The first-order valence-electron chi connectivity index (χ1n) is 10.6. The first-order valence-corrected chi connectivity index (χ1v) is 11.9. The lowest BCUT2D eigenvalue weighted by Crippen LogP contribution is -2.49. The number of hydrogen-bond acceptors (Lipinski definition) is 4. The minimum atomic E-state index is -1.21. The highest BCUT2D eigenvalue weighted by Gasteiger charge is 2.25. The summed E-state index contributed by atoms with van der Waals surface area (Å²) < 4.78 is 18.5. The minimum absolute atomic E-state index is 0.103. The Kier molecular flexibility index (Phi) is 6.28. The van der Waals surface area contributed by atoms with E-state index in [0.29, 0.717) is 24.6 Å². The van der Waals surface area contributed by atoms with Gasteiger partial charge in [-0.05, 0) is 61.7 Å². The molecule has 0 saturated carbocycles. The molecule has 1 atom stereocenters. The van der Waals surface area contributed by atoms with Crippen LogP contribution >= 0.6 is 0 Å². The molecule has 2 heterocycles. The molecule has 0 N–H and O–H groups in total. The van der Waals surface area contributed by atoms with E-state index in [9.17, 15) is 9.00 Å². The first-order chi connectivity index (χ1) is 14.9. The molecule has 0 radical (unpaired) electrons. The highest BCUT2D eigenvalue weighted by Crippen LogP contribution is 2.25. The van der Waals surface area contributed by atoms with Crippen molar-refractivity contribution in [2.75, 3.05) is 31.1 Å². The maximum atomic E-state index is 12.9. The number of nitrogens with zero attached hydrogens (tertiary/aromatic N) is 2. The summed E-state index contributed by atoms with van der Waals surface area (Å²) in [4.78, 5) is 17.9. The number of hydrogen-bond donors (Lipinski definition) is 0. The highest BCUT2D eigenvalue weighted by atomic mass is 32.2. The lowest BCUT2D eigenvalue weighted by molar-refractivity contribution is 0.0713. The van der Waals surface area contributed by atoms with E-state index in [1.165, 1.54) is 16.8 Å². The molecule has 1 aliphatic rings. The maximum Gasteiger partial charge on any atom is 0.289 e. The van der Waals surface area contributed by atoms with Gasteiger partial charge in [-0.3, -0.25) is 9.00 Å². The van der Waals surface area contributed by atoms with Gasteiger partial charge in [-0.1, -0.05) is 30.3 Å². The molecule has 4 rings (SSSR count). The third-order valence-electron chi connectivity index (χ3n) is 5.97. The van der Waals surface area contributed by atoms with Gasteiger partial charge in [0.1, 0.15) is 5.76 Å². The molecule has 2 aromatic carbocycles. The molecule has 0 spiro atoms. The van der Waals surface area contributed by atoms with Gasteiger partial charge in [0, 0.05) is 36.8 Å². The molecule has 1 fully saturated rings. The topological polar surface area (TPSA) is 53.8 Å². The lowest BCUT2D eigenvalue weighted by atomic mass is 10.1. The van der Waals surface area contributed by atoms with Crippen LogP contribution in [-0.4, -0.2) is 41.2 Å². The van der Waals surface area contributed by atoms with Crippen molar-refractivity contribution in [1.82, 2.24) is 4.90 Å². The molecule has 6 heteroatoms. The summed E-state index contributed by atoms with van der Waals surface area (Å²) in [5.41, 5.74) is 4.80. The van der Waals surface area contributed by atoms with E-state index in [1.807, 2.05) is 36.1 Å². The average molecular weight is 437 g/mol. The second-order valence-electron chi connectivity index (χ2n) is 8.02. The van der Waals surface area contributed by atoms with E-state index in [-0.39, 0.29) is 11.7 Å². The summed E-state index contributed by atoms with van der Waals surface area (Å²) in [5.74, 6) is 1.04. The fraction of sp³-hybridized carbons (Fsp3) is 0.320. The molecule has 31 heavy (non-hydrogen) atoms. The van der Waals surface area contributed by atoms with Crippen LogP contribution in [-0.2, 0) is 16.6 Å². The molecule has 1 saturated heterocycles. The van der Waals surface area contributed by atoms with Crippen LogP contribution in [0.1, 0.15) is 33.0 Å². The fourth-order valence-corrected chi connectivity index (χ4v) is 5.20. The van der Waals surface area contributed by atoms with Gasteiger partial charge >= 0.3 is 0 Å². The molecule has 3 aromatic rings. The Labute approximate surface area is 186 Å². The molecule has 1 aromatic heterocycles. The van der Waals surface area contributed by atoms with E-state index in [0.717, 1.165) is 23.5 Å². The van der Waals surface area contributed by atoms with E-state index >= 15 is 0 Å². The van der Waals surface area contributed by atoms with Crippen molar-refractivity contribution < 1.29 is 13.4 Å². The van der Waals surface area contributed by atoms with Crippen molar-refractivity contribution in [3.05, 3.63) is 82.8 Å². The fourth-order valence-electron chi connectivity index (χ4n) is 3.97. The summed E-state index contributed by atoms with van der Waals surface area (Å²) >= 11 is 0. The standard InChI is InChI=1S/C25H28N2O3S/c1-18-8-6-9-22(20(18)3)26-13-15-27(16-14-26)25(28)23-12-11-21(30-23)17-31(29)24-10-5-4-7-19(24)2/h4-12H,13-17H2,1-3H3. The Hall–Kier alpha value is -2.86. The molecule has 162 valence electrons. The number of benzene rings is 2. The highest BCUT2D eigenvalue weighted by molar-refractivity contribution is 7.84. The van der Waals surface area contributed by atoms with Crippen molar-refractivity contribution in [3.8, 4) is 0 Å². The third-order valence-corrected chi connectivity index (χ3v) is 7.46. The molecule has 0 aliphatic carbocycles. The van der Waals surface area contributed by atoms with Crippen LogP contribution < -0.4 is 4.90 Å². The Balaban J connectivity index is 1.38. The molecule has 1 amide bonds. The zero-order valence-electron chi connectivity index (χ0n) is 18.3. The van der Waals surface area contributed by atoms with Gasteiger partial charge in [-0.15, -0.1) is 0 Å². The predicted octanol–water partition coefficient (Wildman–Crippen LogP) is 4.48. The minimum Gasteiger partial charge on any atom is -0.455 e. The normalized spacial score (nSPS) is 15.2. The van der Waals surface area contributed by atoms with Gasteiger partial charge in [0.25, 0.3) is 5.91 Å². The van der Waals surface area contributed by atoms with Crippen molar-refractivity contribution in [2.45, 2.75) is 31.4 Å². The Morgan fingerprint density at radius 1 is 0.903 bits per heavy atom. The van der Waals surface area contributed by atoms with Gasteiger partial charge in [0.05, 0.1) is 16.6 Å². The van der Waals surface area contributed by atoms with Gasteiger partial charge in [0.15, 0.2) is 5.76 Å². The number of amides is 1. The van der Waals surface area contributed by atoms with E-state index in [1.54, 1.807) is 12.1 Å². The van der Waals surface area contributed by atoms with Crippen molar-refractivity contribution in [1.29, 1.82) is 0 Å². The molecule has 5 nitrogen and oxygen atoms in total. The number of piperazine rings is 1. The van der Waals surface area contributed by atoms with E-state index in [2.05, 4.69) is 36.9 Å². The van der Waals surface area contributed by atoms with Crippen LogP contribution in [0.5, 0.6) is 0 Å². The van der Waals surface area contributed by atoms with Gasteiger partial charge in [-0.2, -0.15) is 0 Å². The van der Waals surface area contributed by atoms with Crippen molar-refractivity contribution in [3.63, 3.8) is 0 Å². The average Bonchev–Trinajstić information content (AvgIpc) is 3.24. The van der Waals surface area contributed by atoms with Crippen molar-refractivity contribution in [2.24, 2.45) is 0 Å². The first kappa shape index (κ1) is 21.4. The maximum absolute atomic E-state index is 12.9. The van der Waals surface area contributed by atoms with E-state index < -0.39 is 10.8 Å². The zero-order valence-corrected chi connectivity index (χ0v) is 19.1. The number of rotatable bonds is 5.